The second-order valence-electron chi connectivity index (χ2n) is 4.60. The van der Waals surface area contributed by atoms with Crippen LogP contribution in [-0.2, 0) is 5.92 Å². The molecule has 0 fully saturated rings. The van der Waals surface area contributed by atoms with E-state index in [1.165, 1.54) is 26.0 Å². The molecule has 3 heteroatoms. The maximum Gasteiger partial charge on any atom is 0.290 e. The maximum atomic E-state index is 13.8. The molecule has 0 saturated heterocycles. The molecule has 1 aromatic carbocycles. The SMILES string of the molecule is Cc1ccc(C(F)(F)C(C)(C)N)cc1C. The van der Waals surface area contributed by atoms with E-state index < -0.39 is 11.5 Å². The van der Waals surface area contributed by atoms with Crippen molar-refractivity contribution in [2.45, 2.75) is 39.2 Å². The van der Waals surface area contributed by atoms with E-state index in [0.717, 1.165) is 11.1 Å². The second-order valence-corrected chi connectivity index (χ2v) is 4.60. The summed E-state index contributed by atoms with van der Waals surface area (Å²) in [5.74, 6) is -3.01. The summed E-state index contributed by atoms with van der Waals surface area (Å²) in [5.41, 5.74) is 5.78. The van der Waals surface area contributed by atoms with Crippen LogP contribution >= 0.6 is 0 Å². The van der Waals surface area contributed by atoms with Crippen LogP contribution in [0.15, 0.2) is 18.2 Å². The number of aryl methyl sites for hydroxylation is 2. The third-order valence-corrected chi connectivity index (χ3v) is 2.68. The zero-order valence-corrected chi connectivity index (χ0v) is 9.57. The largest absolute Gasteiger partial charge is 0.320 e. The zero-order valence-electron chi connectivity index (χ0n) is 9.57. The average molecular weight is 213 g/mol. The minimum Gasteiger partial charge on any atom is -0.320 e. The smallest absolute Gasteiger partial charge is 0.290 e. The van der Waals surface area contributed by atoms with Gasteiger partial charge in [0, 0.05) is 5.56 Å². The molecule has 15 heavy (non-hydrogen) atoms. The van der Waals surface area contributed by atoms with E-state index in [4.69, 9.17) is 5.73 Å². The normalized spacial score (nSPS) is 13.0. The lowest BCUT2D eigenvalue weighted by atomic mass is 9.89. The van der Waals surface area contributed by atoms with Gasteiger partial charge in [0.1, 0.15) is 0 Å². The van der Waals surface area contributed by atoms with Crippen LogP contribution in [0.25, 0.3) is 0 Å². The Labute approximate surface area is 89.3 Å². The van der Waals surface area contributed by atoms with Gasteiger partial charge in [-0.25, -0.2) is 0 Å². The fourth-order valence-electron chi connectivity index (χ4n) is 1.31. The molecule has 1 nitrogen and oxygen atoms in total. The van der Waals surface area contributed by atoms with Gasteiger partial charge < -0.3 is 5.73 Å². The van der Waals surface area contributed by atoms with Crippen molar-refractivity contribution in [2.75, 3.05) is 0 Å². The van der Waals surface area contributed by atoms with E-state index >= 15 is 0 Å². The summed E-state index contributed by atoms with van der Waals surface area (Å²) in [6.07, 6.45) is 0. The van der Waals surface area contributed by atoms with Crippen molar-refractivity contribution in [3.05, 3.63) is 34.9 Å². The summed E-state index contributed by atoms with van der Waals surface area (Å²) in [4.78, 5) is 0. The molecule has 0 aromatic heterocycles. The van der Waals surface area contributed by atoms with Crippen molar-refractivity contribution in [3.63, 3.8) is 0 Å². The van der Waals surface area contributed by atoms with Crippen LogP contribution in [0, 0.1) is 13.8 Å². The van der Waals surface area contributed by atoms with Gasteiger partial charge >= 0.3 is 0 Å². The lowest BCUT2D eigenvalue weighted by molar-refractivity contribution is -0.0673. The summed E-state index contributed by atoms with van der Waals surface area (Å²) in [6.45, 7) is 6.38. The summed E-state index contributed by atoms with van der Waals surface area (Å²) >= 11 is 0. The molecule has 0 aliphatic heterocycles. The van der Waals surface area contributed by atoms with Crippen LogP contribution in [0.3, 0.4) is 0 Å². The first-order valence-corrected chi connectivity index (χ1v) is 4.90. The van der Waals surface area contributed by atoms with E-state index in [1.54, 1.807) is 6.07 Å². The van der Waals surface area contributed by atoms with Gasteiger partial charge in [-0.2, -0.15) is 8.78 Å². The van der Waals surface area contributed by atoms with E-state index in [1.807, 2.05) is 13.8 Å². The Hall–Kier alpha value is -0.960. The Bertz CT molecular complexity index is 364. The highest BCUT2D eigenvalue weighted by molar-refractivity contribution is 5.33. The molecular weight excluding hydrogens is 196 g/mol. The van der Waals surface area contributed by atoms with E-state index in [-0.39, 0.29) is 5.56 Å². The molecular formula is C12H17F2N. The Kier molecular flexibility index (Phi) is 2.88. The first kappa shape index (κ1) is 12.1. The number of nitrogens with two attached hydrogens (primary N) is 1. The Morgan fingerprint density at radius 2 is 1.60 bits per heavy atom. The third-order valence-electron chi connectivity index (χ3n) is 2.68. The molecule has 0 spiro atoms. The maximum absolute atomic E-state index is 13.8. The Balaban J connectivity index is 3.22. The molecule has 0 radical (unpaired) electrons. The van der Waals surface area contributed by atoms with Crippen LogP contribution in [0.1, 0.15) is 30.5 Å². The van der Waals surface area contributed by atoms with E-state index in [9.17, 15) is 8.78 Å². The molecule has 0 heterocycles. The van der Waals surface area contributed by atoms with Crippen LogP contribution in [0.2, 0.25) is 0 Å². The highest BCUT2D eigenvalue weighted by Gasteiger charge is 2.45. The molecule has 1 rings (SSSR count). The molecule has 0 atom stereocenters. The van der Waals surface area contributed by atoms with Gasteiger partial charge in [-0.05, 0) is 44.9 Å². The van der Waals surface area contributed by atoms with Crippen molar-refractivity contribution in [3.8, 4) is 0 Å². The fraction of sp³-hybridized carbons (Fsp3) is 0.500. The zero-order chi connectivity index (χ0) is 11.9. The predicted molar refractivity (Wildman–Crippen MR) is 58.1 cm³/mol. The molecule has 1 aromatic rings. The molecule has 0 unspecified atom stereocenters. The van der Waals surface area contributed by atoms with Gasteiger partial charge in [-0.1, -0.05) is 12.1 Å². The van der Waals surface area contributed by atoms with Gasteiger partial charge in [0.15, 0.2) is 0 Å². The van der Waals surface area contributed by atoms with Crippen molar-refractivity contribution >= 4 is 0 Å². The predicted octanol–water partition coefficient (Wildman–Crippen LogP) is 3.13. The van der Waals surface area contributed by atoms with Gasteiger partial charge in [-0.3, -0.25) is 0 Å². The molecule has 0 aliphatic carbocycles. The monoisotopic (exact) mass is 213 g/mol. The third kappa shape index (κ3) is 2.17. The number of halogens is 2. The summed E-state index contributed by atoms with van der Waals surface area (Å²) in [5, 5.41) is 0. The van der Waals surface area contributed by atoms with Crippen LogP contribution in [0.4, 0.5) is 8.78 Å². The summed E-state index contributed by atoms with van der Waals surface area (Å²) in [6, 6.07) is 4.64. The Morgan fingerprint density at radius 3 is 2.00 bits per heavy atom. The molecule has 84 valence electrons. The minimum absolute atomic E-state index is 0.0156. The molecule has 0 saturated carbocycles. The second kappa shape index (κ2) is 3.56. The highest BCUT2D eigenvalue weighted by atomic mass is 19.3. The van der Waals surface area contributed by atoms with E-state index in [2.05, 4.69) is 0 Å². The average Bonchev–Trinajstić information content (AvgIpc) is 2.07. The Morgan fingerprint density at radius 1 is 1.07 bits per heavy atom. The highest BCUT2D eigenvalue weighted by Crippen LogP contribution is 2.37. The first-order valence-electron chi connectivity index (χ1n) is 4.90. The number of hydrogen-bond donors (Lipinski definition) is 1. The standard InChI is InChI=1S/C12H17F2N/c1-8-5-6-10(7-9(8)2)12(13,14)11(3,4)15/h5-7H,15H2,1-4H3. The fourth-order valence-corrected chi connectivity index (χ4v) is 1.31. The van der Waals surface area contributed by atoms with E-state index in [0.29, 0.717) is 0 Å². The van der Waals surface area contributed by atoms with Crippen LogP contribution < -0.4 is 5.73 Å². The number of alkyl halides is 2. The quantitative estimate of drug-likeness (QED) is 0.802. The van der Waals surface area contributed by atoms with Gasteiger partial charge in [-0.15, -0.1) is 0 Å². The van der Waals surface area contributed by atoms with Crippen molar-refractivity contribution in [2.24, 2.45) is 5.73 Å². The first-order chi connectivity index (χ1) is 6.66. The summed E-state index contributed by atoms with van der Waals surface area (Å²) < 4.78 is 27.7. The van der Waals surface area contributed by atoms with Crippen molar-refractivity contribution in [1.82, 2.24) is 0 Å². The van der Waals surface area contributed by atoms with Gasteiger partial charge in [0.05, 0.1) is 5.54 Å². The molecule has 0 bridgehead atoms. The topological polar surface area (TPSA) is 26.0 Å². The number of hydrogen-bond acceptors (Lipinski definition) is 1. The summed E-state index contributed by atoms with van der Waals surface area (Å²) in [7, 11) is 0. The van der Waals surface area contributed by atoms with Gasteiger partial charge in [0.25, 0.3) is 5.92 Å². The lowest BCUT2D eigenvalue weighted by Gasteiger charge is -2.30. The number of benzene rings is 1. The van der Waals surface area contributed by atoms with Crippen LogP contribution in [-0.4, -0.2) is 5.54 Å². The minimum atomic E-state index is -3.01. The van der Waals surface area contributed by atoms with Crippen molar-refractivity contribution < 1.29 is 8.78 Å². The van der Waals surface area contributed by atoms with Gasteiger partial charge in [0.2, 0.25) is 0 Å². The van der Waals surface area contributed by atoms with Crippen LogP contribution in [0.5, 0.6) is 0 Å². The lowest BCUT2D eigenvalue weighted by Crippen LogP contribution is -2.48. The van der Waals surface area contributed by atoms with Crippen molar-refractivity contribution in [1.29, 1.82) is 0 Å². The number of rotatable bonds is 2. The molecule has 0 amide bonds. The molecule has 0 aliphatic rings. The molecule has 2 N–H and O–H groups in total.